The highest BCUT2D eigenvalue weighted by atomic mass is 79.9. The Kier molecular flexibility index (Phi) is 10.0. The van der Waals surface area contributed by atoms with Gasteiger partial charge < -0.3 is 19.9 Å². The largest absolute Gasteiger partial charge is 0.573 e. The van der Waals surface area contributed by atoms with Crippen molar-refractivity contribution in [1.82, 2.24) is 5.32 Å². The van der Waals surface area contributed by atoms with Crippen molar-refractivity contribution >= 4 is 39.6 Å². The minimum absolute atomic E-state index is 0.0526. The van der Waals surface area contributed by atoms with Gasteiger partial charge in [-0.1, -0.05) is 52.3 Å². The molecule has 222 valence electrons. The maximum Gasteiger partial charge on any atom is 0.573 e. The number of aliphatic carboxylic acids is 1. The van der Waals surface area contributed by atoms with E-state index in [0.717, 1.165) is 27.7 Å². The maximum atomic E-state index is 13.4. The molecule has 0 aliphatic heterocycles. The van der Waals surface area contributed by atoms with Crippen LogP contribution in [0.15, 0.2) is 102 Å². The predicted molar refractivity (Wildman–Crippen MR) is 156 cm³/mol. The number of ether oxygens (including phenoxy) is 2. The Bertz CT molecular complexity index is 1560. The fourth-order valence-corrected chi connectivity index (χ4v) is 4.20. The second-order valence-electron chi connectivity index (χ2n) is 9.12. The molecular weight excluding hydrogens is 633 g/mol. The van der Waals surface area contributed by atoms with Gasteiger partial charge in [0, 0.05) is 22.3 Å². The molecule has 0 saturated heterocycles. The molecule has 0 spiro atoms. The number of hydrogen-bond donors (Lipinski definition) is 2. The number of hydrogen-bond acceptors (Lipinski definition) is 5. The van der Waals surface area contributed by atoms with Crippen molar-refractivity contribution in [1.29, 1.82) is 0 Å². The standard InChI is InChI=1S/C31H24BrF3N2O6/c32-24-9-3-21(4-10-24)22-7-15-26(16-8-22)42-30(41)37(19-20-1-13-27(14-2-20)43-31(33,34)35)25-11-5-23(6-12-25)29(40)36-18-17-28(38)39/h1-16H,17-19H2,(H,36,40)(H,38,39). The molecule has 4 rings (SSSR count). The third kappa shape index (κ3) is 9.33. The van der Waals surface area contributed by atoms with Crippen LogP contribution >= 0.6 is 15.9 Å². The van der Waals surface area contributed by atoms with Gasteiger partial charge in [-0.15, -0.1) is 13.2 Å². The summed E-state index contributed by atoms with van der Waals surface area (Å²) in [5.74, 6) is -1.69. The average Bonchev–Trinajstić information content (AvgIpc) is 2.96. The van der Waals surface area contributed by atoms with E-state index < -0.39 is 30.1 Å². The molecule has 12 heteroatoms. The number of rotatable bonds is 10. The number of carboxylic acid groups (broad SMARTS) is 1. The van der Waals surface area contributed by atoms with Crippen LogP contribution in [-0.4, -0.2) is 36.0 Å². The number of amides is 2. The molecule has 4 aromatic carbocycles. The lowest BCUT2D eigenvalue weighted by Gasteiger charge is -2.23. The molecular formula is C31H24BrF3N2O6. The smallest absolute Gasteiger partial charge is 0.481 e. The van der Waals surface area contributed by atoms with Crippen molar-refractivity contribution in [3.63, 3.8) is 0 Å². The highest BCUT2D eigenvalue weighted by molar-refractivity contribution is 9.10. The van der Waals surface area contributed by atoms with Crippen LogP contribution in [-0.2, 0) is 11.3 Å². The number of benzene rings is 4. The summed E-state index contributed by atoms with van der Waals surface area (Å²) in [6.07, 6.45) is -5.85. The number of carbonyl (C=O) groups is 3. The normalized spacial score (nSPS) is 11.0. The molecule has 8 nitrogen and oxygen atoms in total. The summed E-state index contributed by atoms with van der Waals surface area (Å²) in [4.78, 5) is 37.7. The number of nitrogens with one attached hydrogen (secondary N) is 1. The Balaban J connectivity index is 1.53. The zero-order valence-corrected chi connectivity index (χ0v) is 23.9. The van der Waals surface area contributed by atoms with Crippen LogP contribution in [0.3, 0.4) is 0 Å². The van der Waals surface area contributed by atoms with Gasteiger partial charge in [0.25, 0.3) is 5.91 Å². The molecule has 0 aliphatic carbocycles. The van der Waals surface area contributed by atoms with Crippen molar-refractivity contribution in [2.75, 3.05) is 11.4 Å². The molecule has 0 aromatic heterocycles. The van der Waals surface area contributed by atoms with Crippen LogP contribution in [0.1, 0.15) is 22.3 Å². The molecule has 2 amide bonds. The van der Waals surface area contributed by atoms with E-state index in [0.29, 0.717) is 11.3 Å². The molecule has 0 unspecified atom stereocenters. The van der Waals surface area contributed by atoms with Gasteiger partial charge in [-0.2, -0.15) is 0 Å². The molecule has 43 heavy (non-hydrogen) atoms. The first-order valence-electron chi connectivity index (χ1n) is 12.8. The summed E-state index contributed by atoms with van der Waals surface area (Å²) in [5.41, 5.74) is 2.93. The van der Waals surface area contributed by atoms with Crippen LogP contribution < -0.4 is 19.7 Å². The molecule has 4 aromatic rings. The Morgan fingerprint density at radius 3 is 1.91 bits per heavy atom. The van der Waals surface area contributed by atoms with Crippen molar-refractivity contribution < 1.29 is 42.1 Å². The summed E-state index contributed by atoms with van der Waals surface area (Å²) in [6.45, 7) is -0.130. The summed E-state index contributed by atoms with van der Waals surface area (Å²) >= 11 is 3.40. The third-order valence-electron chi connectivity index (χ3n) is 6.02. The zero-order valence-electron chi connectivity index (χ0n) is 22.3. The van der Waals surface area contributed by atoms with E-state index >= 15 is 0 Å². The number of halogens is 4. The van der Waals surface area contributed by atoms with Gasteiger partial charge >= 0.3 is 18.4 Å². The second-order valence-corrected chi connectivity index (χ2v) is 10.0. The van der Waals surface area contributed by atoms with E-state index in [1.165, 1.54) is 41.3 Å². The van der Waals surface area contributed by atoms with Crippen molar-refractivity contribution in [2.24, 2.45) is 0 Å². The molecule has 0 atom stereocenters. The van der Waals surface area contributed by atoms with Crippen LogP contribution in [0.5, 0.6) is 11.5 Å². The van der Waals surface area contributed by atoms with Crippen molar-refractivity contribution in [3.05, 3.63) is 113 Å². The van der Waals surface area contributed by atoms with E-state index in [1.807, 2.05) is 24.3 Å². The lowest BCUT2D eigenvalue weighted by Crippen LogP contribution is -2.33. The van der Waals surface area contributed by atoms with Crippen molar-refractivity contribution in [3.8, 4) is 22.6 Å². The lowest BCUT2D eigenvalue weighted by atomic mass is 10.1. The first-order chi connectivity index (χ1) is 20.5. The minimum Gasteiger partial charge on any atom is -0.481 e. The van der Waals surface area contributed by atoms with E-state index in [2.05, 4.69) is 26.0 Å². The quantitative estimate of drug-likeness (QED) is 0.184. The number of carboxylic acids is 1. The molecule has 0 radical (unpaired) electrons. The molecule has 0 aliphatic rings. The molecule has 0 heterocycles. The number of alkyl halides is 3. The number of anilines is 1. The van der Waals surface area contributed by atoms with Gasteiger partial charge in [-0.25, -0.2) is 4.79 Å². The Morgan fingerprint density at radius 2 is 1.35 bits per heavy atom. The first-order valence-corrected chi connectivity index (χ1v) is 13.6. The summed E-state index contributed by atoms with van der Waals surface area (Å²) in [6, 6.07) is 25.5. The van der Waals surface area contributed by atoms with Crippen LogP contribution in [0.25, 0.3) is 11.1 Å². The summed E-state index contributed by atoms with van der Waals surface area (Å²) in [5, 5.41) is 11.2. The van der Waals surface area contributed by atoms with Gasteiger partial charge in [-0.05, 0) is 77.4 Å². The molecule has 2 N–H and O–H groups in total. The Labute approximate surface area is 252 Å². The summed E-state index contributed by atoms with van der Waals surface area (Å²) < 4.78 is 48.2. The van der Waals surface area contributed by atoms with Crippen LogP contribution in [0, 0.1) is 0 Å². The highest BCUT2D eigenvalue weighted by Crippen LogP contribution is 2.27. The van der Waals surface area contributed by atoms with E-state index in [9.17, 15) is 27.6 Å². The van der Waals surface area contributed by atoms with Gasteiger partial charge in [0.1, 0.15) is 11.5 Å². The molecule has 0 saturated carbocycles. The van der Waals surface area contributed by atoms with E-state index in [4.69, 9.17) is 9.84 Å². The number of carbonyl (C=O) groups excluding carboxylic acids is 2. The topological polar surface area (TPSA) is 105 Å². The first kappa shape index (κ1) is 31.1. The molecule has 0 bridgehead atoms. The van der Waals surface area contributed by atoms with Gasteiger partial charge in [0.05, 0.1) is 13.0 Å². The van der Waals surface area contributed by atoms with E-state index in [-0.39, 0.29) is 30.8 Å². The van der Waals surface area contributed by atoms with Gasteiger partial charge in [0.2, 0.25) is 0 Å². The summed E-state index contributed by atoms with van der Waals surface area (Å²) in [7, 11) is 0. The van der Waals surface area contributed by atoms with Gasteiger partial charge in [-0.3, -0.25) is 14.5 Å². The second kappa shape index (κ2) is 13.9. The van der Waals surface area contributed by atoms with Crippen LogP contribution in [0.2, 0.25) is 0 Å². The third-order valence-corrected chi connectivity index (χ3v) is 6.55. The van der Waals surface area contributed by atoms with Gasteiger partial charge in [0.15, 0.2) is 0 Å². The fourth-order valence-electron chi connectivity index (χ4n) is 3.93. The van der Waals surface area contributed by atoms with Crippen molar-refractivity contribution in [2.45, 2.75) is 19.3 Å². The molecule has 0 fully saturated rings. The highest BCUT2D eigenvalue weighted by Gasteiger charge is 2.31. The Hall–Kier alpha value is -4.84. The zero-order chi connectivity index (χ0) is 31.0. The minimum atomic E-state index is -4.84. The number of nitrogens with zero attached hydrogens (tertiary/aromatic N) is 1. The fraction of sp³-hybridized carbons (Fsp3) is 0.129. The van der Waals surface area contributed by atoms with Crippen LogP contribution in [0.4, 0.5) is 23.7 Å². The lowest BCUT2D eigenvalue weighted by molar-refractivity contribution is -0.274. The monoisotopic (exact) mass is 656 g/mol. The SMILES string of the molecule is O=C(O)CCNC(=O)c1ccc(N(Cc2ccc(OC(F)(F)F)cc2)C(=O)Oc2ccc(-c3ccc(Br)cc3)cc2)cc1. The Morgan fingerprint density at radius 1 is 0.791 bits per heavy atom. The predicted octanol–water partition coefficient (Wildman–Crippen LogP) is 7.42. The average molecular weight is 657 g/mol. The van der Waals surface area contributed by atoms with E-state index in [1.54, 1.807) is 24.3 Å². The maximum absolute atomic E-state index is 13.4.